The Bertz CT molecular complexity index is 731. The zero-order valence-electron chi connectivity index (χ0n) is 11.6. The van der Waals surface area contributed by atoms with Crippen molar-refractivity contribution in [3.8, 4) is 0 Å². The molecule has 0 saturated heterocycles. The van der Waals surface area contributed by atoms with Crippen molar-refractivity contribution in [3.05, 3.63) is 65.2 Å². The predicted molar refractivity (Wildman–Crippen MR) is 87.5 cm³/mol. The second-order valence-electron chi connectivity index (χ2n) is 4.62. The van der Waals surface area contributed by atoms with Crippen LogP contribution in [-0.2, 0) is 16.4 Å². The van der Waals surface area contributed by atoms with Gasteiger partial charge in [0.25, 0.3) is 0 Å². The fourth-order valence-corrected chi connectivity index (χ4v) is 2.84. The lowest BCUT2D eigenvalue weighted by atomic mass is 10.2. The van der Waals surface area contributed by atoms with Crippen LogP contribution in [0.15, 0.2) is 54.6 Å². The molecule has 0 saturated carbocycles. The lowest BCUT2D eigenvalue weighted by molar-refractivity contribution is 0.256. The Morgan fingerprint density at radius 3 is 2.27 bits per heavy atom. The third kappa shape index (κ3) is 5.38. The maximum Gasteiger partial charge on any atom is 0.332 e. The monoisotopic (exact) mass is 338 g/mol. The molecule has 0 unspecified atom stereocenters. The maximum absolute atomic E-state index is 11.9. The van der Waals surface area contributed by atoms with Gasteiger partial charge in [0.2, 0.25) is 10.0 Å². The van der Waals surface area contributed by atoms with E-state index in [1.54, 1.807) is 54.6 Å². The number of nitrogens with one attached hydrogen (secondary N) is 2. The lowest BCUT2D eigenvalue weighted by Crippen LogP contribution is -2.36. The van der Waals surface area contributed by atoms with Crippen molar-refractivity contribution >= 4 is 33.3 Å². The zero-order chi connectivity index (χ0) is 16.0. The smallest absolute Gasteiger partial charge is 0.307 e. The molecule has 5 nitrogen and oxygen atoms in total. The van der Waals surface area contributed by atoms with Crippen LogP contribution in [0.3, 0.4) is 0 Å². The lowest BCUT2D eigenvalue weighted by Gasteiger charge is -2.08. The fraction of sp³-hybridized carbons (Fsp3) is 0.133. The number of hydrogen-bond donors (Lipinski definition) is 2. The molecule has 22 heavy (non-hydrogen) atoms. The summed E-state index contributed by atoms with van der Waals surface area (Å²) in [6, 6.07) is 14.7. The molecule has 0 aliphatic heterocycles. The number of urea groups is 1. The SMILES string of the molecule is O=C(Nc1ccccc1)NS(=O)(=O)CCc1ccc(Cl)cc1. The van der Waals surface area contributed by atoms with Gasteiger partial charge in [-0.2, -0.15) is 0 Å². The van der Waals surface area contributed by atoms with E-state index in [-0.39, 0.29) is 5.75 Å². The number of carbonyl (C=O) groups is 1. The first-order valence-electron chi connectivity index (χ1n) is 6.55. The number of para-hydroxylation sites is 1. The first-order chi connectivity index (χ1) is 10.4. The van der Waals surface area contributed by atoms with Crippen molar-refractivity contribution < 1.29 is 13.2 Å². The number of rotatable bonds is 5. The van der Waals surface area contributed by atoms with Gasteiger partial charge in [0, 0.05) is 10.7 Å². The van der Waals surface area contributed by atoms with Gasteiger partial charge in [0.15, 0.2) is 0 Å². The largest absolute Gasteiger partial charge is 0.332 e. The van der Waals surface area contributed by atoms with E-state index in [1.165, 1.54) is 0 Å². The van der Waals surface area contributed by atoms with Crippen molar-refractivity contribution in [2.24, 2.45) is 0 Å². The van der Waals surface area contributed by atoms with Gasteiger partial charge >= 0.3 is 6.03 Å². The Balaban J connectivity index is 1.87. The molecule has 0 aliphatic rings. The van der Waals surface area contributed by atoms with Crippen molar-refractivity contribution in [1.29, 1.82) is 0 Å². The van der Waals surface area contributed by atoms with Crippen molar-refractivity contribution in [3.63, 3.8) is 0 Å². The van der Waals surface area contributed by atoms with Crippen LogP contribution in [0, 0.1) is 0 Å². The third-order valence-corrected chi connectivity index (χ3v) is 4.34. The number of aryl methyl sites for hydroxylation is 1. The van der Waals surface area contributed by atoms with Crippen LogP contribution in [0.1, 0.15) is 5.56 Å². The quantitative estimate of drug-likeness (QED) is 0.879. The topological polar surface area (TPSA) is 75.3 Å². The average Bonchev–Trinajstić information content (AvgIpc) is 2.47. The highest BCUT2D eigenvalue weighted by atomic mass is 35.5. The Labute approximate surface area is 134 Å². The van der Waals surface area contributed by atoms with Gasteiger partial charge in [0.1, 0.15) is 0 Å². The molecule has 0 bridgehead atoms. The number of amides is 2. The molecule has 0 atom stereocenters. The molecule has 0 fully saturated rings. The molecule has 2 aromatic carbocycles. The minimum atomic E-state index is -3.70. The number of sulfonamides is 1. The van der Waals surface area contributed by atoms with E-state index in [2.05, 4.69) is 5.32 Å². The van der Waals surface area contributed by atoms with Gasteiger partial charge in [-0.1, -0.05) is 41.9 Å². The number of hydrogen-bond acceptors (Lipinski definition) is 3. The molecule has 7 heteroatoms. The molecule has 0 aromatic heterocycles. The van der Waals surface area contributed by atoms with E-state index >= 15 is 0 Å². The molecule has 0 heterocycles. The van der Waals surface area contributed by atoms with Crippen LogP contribution in [-0.4, -0.2) is 20.2 Å². The van der Waals surface area contributed by atoms with Gasteiger partial charge in [-0.3, -0.25) is 0 Å². The van der Waals surface area contributed by atoms with Crippen LogP contribution < -0.4 is 10.0 Å². The van der Waals surface area contributed by atoms with E-state index < -0.39 is 16.1 Å². The average molecular weight is 339 g/mol. The second kappa shape index (κ2) is 7.29. The van der Waals surface area contributed by atoms with Crippen molar-refractivity contribution in [1.82, 2.24) is 4.72 Å². The highest BCUT2D eigenvalue weighted by Crippen LogP contribution is 2.10. The van der Waals surface area contributed by atoms with Crippen LogP contribution in [0.25, 0.3) is 0 Å². The summed E-state index contributed by atoms with van der Waals surface area (Å²) in [6.45, 7) is 0. The van der Waals surface area contributed by atoms with Crippen LogP contribution >= 0.6 is 11.6 Å². The molecule has 0 aliphatic carbocycles. The standard InChI is InChI=1S/C15H15ClN2O3S/c16-13-8-6-12(7-9-13)10-11-22(20,21)18-15(19)17-14-4-2-1-3-5-14/h1-9H,10-11H2,(H2,17,18,19). The molecular formula is C15H15ClN2O3S. The molecule has 2 aromatic rings. The Kier molecular flexibility index (Phi) is 5.41. The molecule has 0 spiro atoms. The second-order valence-corrected chi connectivity index (χ2v) is 6.90. The first-order valence-corrected chi connectivity index (χ1v) is 8.59. The zero-order valence-corrected chi connectivity index (χ0v) is 13.2. The molecular weight excluding hydrogens is 324 g/mol. The Morgan fingerprint density at radius 2 is 1.64 bits per heavy atom. The Hall–Kier alpha value is -2.05. The third-order valence-electron chi connectivity index (χ3n) is 2.85. The van der Waals surface area contributed by atoms with Crippen LogP contribution in [0.2, 0.25) is 5.02 Å². The Morgan fingerprint density at radius 1 is 1.00 bits per heavy atom. The first kappa shape index (κ1) is 16.3. The van der Waals surface area contributed by atoms with Gasteiger partial charge < -0.3 is 5.32 Å². The summed E-state index contributed by atoms with van der Waals surface area (Å²) >= 11 is 5.76. The summed E-state index contributed by atoms with van der Waals surface area (Å²) in [7, 11) is -3.70. The van der Waals surface area contributed by atoms with Gasteiger partial charge in [-0.05, 0) is 36.2 Å². The van der Waals surface area contributed by atoms with E-state index in [9.17, 15) is 13.2 Å². The minimum Gasteiger partial charge on any atom is -0.307 e. The molecule has 116 valence electrons. The van der Waals surface area contributed by atoms with E-state index in [4.69, 9.17) is 11.6 Å². The normalized spacial score (nSPS) is 11.0. The van der Waals surface area contributed by atoms with Gasteiger partial charge in [-0.25, -0.2) is 17.9 Å². The number of halogens is 1. The molecule has 2 rings (SSSR count). The van der Waals surface area contributed by atoms with Gasteiger partial charge in [0.05, 0.1) is 5.75 Å². The van der Waals surface area contributed by atoms with Crippen molar-refractivity contribution in [2.45, 2.75) is 6.42 Å². The fourth-order valence-electron chi connectivity index (χ4n) is 1.77. The summed E-state index contributed by atoms with van der Waals surface area (Å²) in [5.41, 5.74) is 1.35. The predicted octanol–water partition coefficient (Wildman–Crippen LogP) is 3.03. The summed E-state index contributed by atoms with van der Waals surface area (Å²) in [5, 5.41) is 3.05. The summed E-state index contributed by atoms with van der Waals surface area (Å²) < 4.78 is 25.7. The van der Waals surface area contributed by atoms with Gasteiger partial charge in [-0.15, -0.1) is 0 Å². The van der Waals surface area contributed by atoms with Crippen molar-refractivity contribution in [2.75, 3.05) is 11.1 Å². The molecule has 2 N–H and O–H groups in total. The van der Waals surface area contributed by atoms with E-state index in [0.29, 0.717) is 17.1 Å². The number of anilines is 1. The van der Waals surface area contributed by atoms with Crippen LogP contribution in [0.5, 0.6) is 0 Å². The van der Waals surface area contributed by atoms with E-state index in [0.717, 1.165) is 5.56 Å². The number of carbonyl (C=O) groups excluding carboxylic acids is 1. The summed E-state index contributed by atoms with van der Waals surface area (Å²) in [6.07, 6.45) is 0.297. The van der Waals surface area contributed by atoms with E-state index in [1.807, 2.05) is 4.72 Å². The maximum atomic E-state index is 11.9. The number of benzene rings is 2. The molecule has 0 radical (unpaired) electrons. The van der Waals surface area contributed by atoms with Crippen LogP contribution in [0.4, 0.5) is 10.5 Å². The summed E-state index contributed by atoms with van der Waals surface area (Å²) in [5.74, 6) is -0.184. The highest BCUT2D eigenvalue weighted by Gasteiger charge is 2.14. The highest BCUT2D eigenvalue weighted by molar-refractivity contribution is 7.90. The minimum absolute atomic E-state index is 0.184. The summed E-state index contributed by atoms with van der Waals surface area (Å²) in [4.78, 5) is 11.7. The molecule has 2 amide bonds.